The van der Waals surface area contributed by atoms with Crippen LogP contribution in [0.5, 0.6) is 0 Å². The van der Waals surface area contributed by atoms with Crippen molar-refractivity contribution in [2.24, 2.45) is 5.92 Å². The molecule has 0 spiro atoms. The van der Waals surface area contributed by atoms with E-state index in [1.165, 1.54) is 11.1 Å². The lowest BCUT2D eigenvalue weighted by Gasteiger charge is -2.21. The van der Waals surface area contributed by atoms with Gasteiger partial charge in [0.25, 0.3) is 0 Å². The average molecular weight is 203 g/mol. The summed E-state index contributed by atoms with van der Waals surface area (Å²) in [5.74, 6) is 0.593. The van der Waals surface area contributed by atoms with Crippen molar-refractivity contribution in [2.45, 2.75) is 19.8 Å². The Balaban J connectivity index is 2.01. The minimum absolute atomic E-state index is 0.182. The molecule has 15 heavy (non-hydrogen) atoms. The van der Waals surface area contributed by atoms with Crippen LogP contribution < -0.4 is 5.32 Å². The molecule has 1 N–H and O–H groups in total. The summed E-state index contributed by atoms with van der Waals surface area (Å²) in [6, 6.07) is 8.46. The molecule has 1 fully saturated rings. The van der Waals surface area contributed by atoms with Crippen LogP contribution in [-0.4, -0.2) is 18.9 Å². The minimum atomic E-state index is 0.182. The number of hydrogen-bond acceptors (Lipinski definition) is 2. The Hall–Kier alpha value is -1.15. The lowest BCUT2D eigenvalue weighted by Crippen LogP contribution is -2.37. The van der Waals surface area contributed by atoms with E-state index in [2.05, 4.69) is 36.5 Å². The van der Waals surface area contributed by atoms with Gasteiger partial charge in [0, 0.05) is 25.4 Å². The number of hydrogen-bond donors (Lipinski definition) is 1. The van der Waals surface area contributed by atoms with E-state index in [-0.39, 0.29) is 5.92 Å². The highest BCUT2D eigenvalue weighted by molar-refractivity contribution is 5.82. The Kier molecular flexibility index (Phi) is 3.17. The third-order valence-corrected chi connectivity index (χ3v) is 3.00. The van der Waals surface area contributed by atoms with Gasteiger partial charge in [0.05, 0.1) is 0 Å². The van der Waals surface area contributed by atoms with Gasteiger partial charge in [-0.05, 0) is 18.9 Å². The Morgan fingerprint density at radius 1 is 1.33 bits per heavy atom. The second kappa shape index (κ2) is 4.58. The second-order valence-corrected chi connectivity index (χ2v) is 4.31. The van der Waals surface area contributed by atoms with E-state index in [0.717, 1.165) is 19.5 Å². The molecule has 2 rings (SSSR count). The maximum atomic E-state index is 11.6. The molecule has 1 heterocycles. The SMILES string of the molecule is Cc1ccc(CC2CNCCC2=O)cc1. The predicted molar refractivity (Wildman–Crippen MR) is 60.9 cm³/mol. The van der Waals surface area contributed by atoms with Gasteiger partial charge in [-0.1, -0.05) is 29.8 Å². The zero-order valence-electron chi connectivity index (χ0n) is 9.12. The van der Waals surface area contributed by atoms with Crippen LogP contribution in [0, 0.1) is 12.8 Å². The van der Waals surface area contributed by atoms with Gasteiger partial charge >= 0.3 is 0 Å². The summed E-state index contributed by atoms with van der Waals surface area (Å²) in [4.78, 5) is 11.6. The maximum Gasteiger partial charge on any atom is 0.138 e. The van der Waals surface area contributed by atoms with Gasteiger partial charge in [-0.15, -0.1) is 0 Å². The van der Waals surface area contributed by atoms with Gasteiger partial charge < -0.3 is 5.32 Å². The van der Waals surface area contributed by atoms with E-state index in [1.807, 2.05) is 0 Å². The third kappa shape index (κ3) is 2.66. The molecule has 1 saturated heterocycles. The zero-order valence-corrected chi connectivity index (χ0v) is 9.12. The largest absolute Gasteiger partial charge is 0.316 e. The Labute approximate surface area is 90.7 Å². The highest BCUT2D eigenvalue weighted by atomic mass is 16.1. The molecule has 1 aromatic carbocycles. The molecule has 0 aliphatic carbocycles. The molecule has 0 radical (unpaired) electrons. The third-order valence-electron chi connectivity index (χ3n) is 3.00. The van der Waals surface area contributed by atoms with Crippen molar-refractivity contribution < 1.29 is 4.79 Å². The summed E-state index contributed by atoms with van der Waals surface area (Å²) in [7, 11) is 0. The first kappa shape index (κ1) is 10.4. The highest BCUT2D eigenvalue weighted by Crippen LogP contribution is 2.14. The number of aryl methyl sites for hydroxylation is 1. The Bertz CT molecular complexity index is 342. The van der Waals surface area contributed by atoms with Crippen LogP contribution >= 0.6 is 0 Å². The summed E-state index contributed by atoms with van der Waals surface area (Å²) in [5, 5.41) is 3.28. The number of rotatable bonds is 2. The van der Waals surface area contributed by atoms with E-state index in [9.17, 15) is 4.79 Å². The van der Waals surface area contributed by atoms with Gasteiger partial charge in [0.15, 0.2) is 0 Å². The van der Waals surface area contributed by atoms with Crippen LogP contribution in [0.1, 0.15) is 17.5 Å². The quantitative estimate of drug-likeness (QED) is 0.793. The fourth-order valence-electron chi connectivity index (χ4n) is 2.00. The first-order chi connectivity index (χ1) is 7.25. The van der Waals surface area contributed by atoms with E-state index in [4.69, 9.17) is 0 Å². The summed E-state index contributed by atoms with van der Waals surface area (Å²) in [6.45, 7) is 3.77. The molecule has 1 unspecified atom stereocenters. The minimum Gasteiger partial charge on any atom is -0.316 e. The maximum absolute atomic E-state index is 11.6. The fraction of sp³-hybridized carbons (Fsp3) is 0.462. The number of piperidine rings is 1. The summed E-state index contributed by atoms with van der Waals surface area (Å²) >= 11 is 0. The molecular weight excluding hydrogens is 186 g/mol. The molecule has 2 nitrogen and oxygen atoms in total. The molecule has 1 aliphatic heterocycles. The van der Waals surface area contributed by atoms with Gasteiger partial charge in [-0.25, -0.2) is 0 Å². The lowest BCUT2D eigenvalue weighted by molar-refractivity contribution is -0.123. The topological polar surface area (TPSA) is 29.1 Å². The van der Waals surface area contributed by atoms with Crippen molar-refractivity contribution >= 4 is 5.78 Å². The summed E-state index contributed by atoms with van der Waals surface area (Å²) in [6.07, 6.45) is 1.57. The molecule has 0 amide bonds. The number of carbonyl (C=O) groups excluding carboxylic acids is 1. The van der Waals surface area contributed by atoms with Crippen LogP contribution in [0.4, 0.5) is 0 Å². The number of ketones is 1. The van der Waals surface area contributed by atoms with Crippen molar-refractivity contribution in [2.75, 3.05) is 13.1 Å². The van der Waals surface area contributed by atoms with Crippen molar-refractivity contribution in [3.8, 4) is 0 Å². The Morgan fingerprint density at radius 3 is 2.73 bits per heavy atom. The number of nitrogens with one attached hydrogen (secondary N) is 1. The number of benzene rings is 1. The molecular formula is C13H17NO. The van der Waals surface area contributed by atoms with Gasteiger partial charge in [0.1, 0.15) is 5.78 Å². The van der Waals surface area contributed by atoms with Crippen molar-refractivity contribution in [1.29, 1.82) is 0 Å². The molecule has 0 saturated carbocycles. The van der Waals surface area contributed by atoms with Crippen LogP contribution in [0.2, 0.25) is 0 Å². The van der Waals surface area contributed by atoms with Crippen molar-refractivity contribution in [3.63, 3.8) is 0 Å². The fourth-order valence-corrected chi connectivity index (χ4v) is 2.00. The molecule has 80 valence electrons. The number of carbonyl (C=O) groups is 1. The van der Waals surface area contributed by atoms with E-state index in [1.54, 1.807) is 0 Å². The smallest absolute Gasteiger partial charge is 0.138 e. The van der Waals surface area contributed by atoms with Crippen molar-refractivity contribution in [1.82, 2.24) is 5.32 Å². The molecule has 1 atom stereocenters. The van der Waals surface area contributed by atoms with Crippen LogP contribution in [0.3, 0.4) is 0 Å². The predicted octanol–water partition coefficient (Wildman–Crippen LogP) is 1.72. The van der Waals surface area contributed by atoms with Gasteiger partial charge in [-0.2, -0.15) is 0 Å². The van der Waals surface area contributed by atoms with E-state index < -0.39 is 0 Å². The van der Waals surface area contributed by atoms with Gasteiger partial charge in [-0.3, -0.25) is 4.79 Å². The van der Waals surface area contributed by atoms with Crippen LogP contribution in [0.25, 0.3) is 0 Å². The molecule has 1 aromatic rings. The molecule has 0 aromatic heterocycles. The van der Waals surface area contributed by atoms with Crippen LogP contribution in [-0.2, 0) is 11.2 Å². The molecule has 2 heteroatoms. The monoisotopic (exact) mass is 203 g/mol. The number of Topliss-reactive ketones (excluding diaryl/α,β-unsaturated/α-hetero) is 1. The lowest BCUT2D eigenvalue weighted by atomic mass is 9.91. The van der Waals surface area contributed by atoms with E-state index in [0.29, 0.717) is 12.2 Å². The normalized spacial score (nSPS) is 21.7. The first-order valence-electron chi connectivity index (χ1n) is 5.54. The van der Waals surface area contributed by atoms with Crippen LogP contribution in [0.15, 0.2) is 24.3 Å². The highest BCUT2D eigenvalue weighted by Gasteiger charge is 2.21. The Morgan fingerprint density at radius 2 is 2.07 bits per heavy atom. The average Bonchev–Trinajstić information content (AvgIpc) is 2.25. The first-order valence-corrected chi connectivity index (χ1v) is 5.54. The zero-order chi connectivity index (χ0) is 10.7. The summed E-state index contributed by atoms with van der Waals surface area (Å²) in [5.41, 5.74) is 2.54. The van der Waals surface area contributed by atoms with Crippen molar-refractivity contribution in [3.05, 3.63) is 35.4 Å². The molecule has 1 aliphatic rings. The summed E-state index contributed by atoms with van der Waals surface area (Å²) < 4.78 is 0. The van der Waals surface area contributed by atoms with Gasteiger partial charge in [0.2, 0.25) is 0 Å². The van der Waals surface area contributed by atoms with E-state index >= 15 is 0 Å². The molecule has 0 bridgehead atoms. The standard InChI is InChI=1S/C13H17NO/c1-10-2-4-11(5-3-10)8-12-9-14-7-6-13(12)15/h2-5,12,14H,6-9H2,1H3. The second-order valence-electron chi connectivity index (χ2n) is 4.31.